The van der Waals surface area contributed by atoms with Crippen molar-refractivity contribution in [3.8, 4) is 0 Å². The van der Waals surface area contributed by atoms with E-state index in [0.717, 1.165) is 29.2 Å². The molecule has 0 bridgehead atoms. The Morgan fingerprint density at radius 3 is 2.50 bits per heavy atom. The summed E-state index contributed by atoms with van der Waals surface area (Å²) in [6.07, 6.45) is -3.96. The molecular formula is C25H31F3N8O2. The van der Waals surface area contributed by atoms with Gasteiger partial charge < -0.3 is 25.6 Å². The predicted molar refractivity (Wildman–Crippen MR) is 135 cm³/mol. The summed E-state index contributed by atoms with van der Waals surface area (Å²) in [6.45, 7) is 8.65. The van der Waals surface area contributed by atoms with Crippen LogP contribution in [0.3, 0.4) is 0 Å². The number of nitrogen functional groups attached to an aromatic ring is 1. The molecule has 1 fully saturated rings. The summed E-state index contributed by atoms with van der Waals surface area (Å²) >= 11 is 0. The number of carbonyl (C=O) groups is 1. The minimum absolute atomic E-state index is 0.0234. The SMILES string of the molecule is CC(C)c1nnc2nc(NC(C)c3cc(N)cc(C(F)(F)F)c3)c3c(n12)CCN(C(=O)N1CCOCC1)C3. The number of rotatable bonds is 4. The number of urea groups is 1. The Labute approximate surface area is 218 Å². The third-order valence-electron chi connectivity index (χ3n) is 6.98. The minimum atomic E-state index is -4.52. The number of morpholine rings is 1. The Hall–Kier alpha value is -3.61. The van der Waals surface area contributed by atoms with Crippen LogP contribution in [0.1, 0.15) is 60.9 Å². The summed E-state index contributed by atoms with van der Waals surface area (Å²) in [5.74, 6) is 1.72. The van der Waals surface area contributed by atoms with E-state index in [1.54, 1.807) is 16.7 Å². The van der Waals surface area contributed by atoms with Crippen molar-refractivity contribution < 1.29 is 22.7 Å². The number of fused-ring (bicyclic) bond motifs is 3. The van der Waals surface area contributed by atoms with E-state index in [2.05, 4.69) is 15.5 Å². The predicted octanol–water partition coefficient (Wildman–Crippen LogP) is 3.83. The van der Waals surface area contributed by atoms with Crippen molar-refractivity contribution in [2.45, 2.75) is 51.9 Å². The summed E-state index contributed by atoms with van der Waals surface area (Å²) in [7, 11) is 0. The maximum Gasteiger partial charge on any atom is 0.416 e. The van der Waals surface area contributed by atoms with Crippen molar-refractivity contribution in [3.63, 3.8) is 0 Å². The van der Waals surface area contributed by atoms with Crippen molar-refractivity contribution in [1.82, 2.24) is 29.4 Å². The zero-order valence-electron chi connectivity index (χ0n) is 21.5. The van der Waals surface area contributed by atoms with E-state index in [0.29, 0.717) is 63.0 Å². The summed E-state index contributed by atoms with van der Waals surface area (Å²) in [6, 6.07) is 2.88. The molecule has 1 aromatic carbocycles. The van der Waals surface area contributed by atoms with E-state index < -0.39 is 17.8 Å². The fourth-order valence-corrected chi connectivity index (χ4v) is 4.99. The van der Waals surface area contributed by atoms with Crippen LogP contribution in [0.4, 0.5) is 29.5 Å². The second-order valence-corrected chi connectivity index (χ2v) is 10.0. The topological polar surface area (TPSA) is 114 Å². The number of aromatic nitrogens is 4. The van der Waals surface area contributed by atoms with Gasteiger partial charge in [0.05, 0.1) is 31.4 Å². The molecule has 2 aromatic heterocycles. The quantitative estimate of drug-likeness (QED) is 0.491. The number of alkyl halides is 3. The Kier molecular flexibility index (Phi) is 6.80. The summed E-state index contributed by atoms with van der Waals surface area (Å²) in [5.41, 5.74) is 7.11. The third-order valence-corrected chi connectivity index (χ3v) is 6.98. The zero-order valence-corrected chi connectivity index (χ0v) is 21.5. The van der Waals surface area contributed by atoms with Gasteiger partial charge in [0, 0.05) is 48.9 Å². The van der Waals surface area contributed by atoms with Gasteiger partial charge in [0.15, 0.2) is 0 Å². The molecule has 1 saturated heterocycles. The molecule has 2 amide bonds. The minimum Gasteiger partial charge on any atom is -0.399 e. The molecule has 0 radical (unpaired) electrons. The van der Waals surface area contributed by atoms with Crippen molar-refractivity contribution >= 4 is 23.3 Å². The zero-order chi connectivity index (χ0) is 27.2. The molecule has 13 heteroatoms. The third kappa shape index (κ3) is 4.94. The normalized spacial score (nSPS) is 17.1. The summed E-state index contributed by atoms with van der Waals surface area (Å²) in [5, 5.41) is 11.9. The molecule has 204 valence electrons. The lowest BCUT2D eigenvalue weighted by Gasteiger charge is -2.36. The fourth-order valence-electron chi connectivity index (χ4n) is 4.99. The summed E-state index contributed by atoms with van der Waals surface area (Å²) in [4.78, 5) is 21.5. The average Bonchev–Trinajstić information content (AvgIpc) is 3.32. The van der Waals surface area contributed by atoms with Crippen LogP contribution in [-0.2, 0) is 23.9 Å². The Balaban J connectivity index is 1.53. The van der Waals surface area contributed by atoms with Crippen LogP contribution in [0.15, 0.2) is 18.2 Å². The van der Waals surface area contributed by atoms with Crippen LogP contribution in [-0.4, -0.2) is 68.3 Å². The molecular weight excluding hydrogens is 501 g/mol. The van der Waals surface area contributed by atoms with E-state index in [1.165, 1.54) is 6.07 Å². The average molecular weight is 533 g/mol. The Morgan fingerprint density at radius 1 is 1.08 bits per heavy atom. The molecule has 3 aromatic rings. The number of halogens is 3. The highest BCUT2D eigenvalue weighted by atomic mass is 19.4. The lowest BCUT2D eigenvalue weighted by molar-refractivity contribution is -0.137. The first kappa shape index (κ1) is 26.0. The number of nitrogens with zero attached hydrogens (tertiary/aromatic N) is 6. The van der Waals surface area contributed by atoms with Gasteiger partial charge in [-0.15, -0.1) is 10.2 Å². The van der Waals surface area contributed by atoms with E-state index in [1.807, 2.05) is 18.2 Å². The lowest BCUT2D eigenvalue weighted by Crippen LogP contribution is -2.49. The molecule has 3 N–H and O–H groups in total. The van der Waals surface area contributed by atoms with Crippen LogP contribution in [0.2, 0.25) is 0 Å². The monoisotopic (exact) mass is 532 g/mol. The van der Waals surface area contributed by atoms with Crippen molar-refractivity contribution in [2.24, 2.45) is 0 Å². The van der Waals surface area contributed by atoms with Gasteiger partial charge in [0.2, 0.25) is 0 Å². The number of benzene rings is 1. The summed E-state index contributed by atoms with van der Waals surface area (Å²) < 4.78 is 47.6. The van der Waals surface area contributed by atoms with Crippen LogP contribution in [0.25, 0.3) is 5.78 Å². The number of hydrogen-bond donors (Lipinski definition) is 2. The number of nitrogens with one attached hydrogen (secondary N) is 1. The number of carbonyl (C=O) groups excluding carboxylic acids is 1. The fraction of sp³-hybridized carbons (Fsp3) is 0.520. The van der Waals surface area contributed by atoms with Gasteiger partial charge >= 0.3 is 12.2 Å². The van der Waals surface area contributed by atoms with Crippen LogP contribution in [0, 0.1) is 0 Å². The van der Waals surface area contributed by atoms with Gasteiger partial charge in [-0.3, -0.25) is 4.40 Å². The first-order valence-corrected chi connectivity index (χ1v) is 12.7. The van der Waals surface area contributed by atoms with Gasteiger partial charge in [0.1, 0.15) is 11.6 Å². The Bertz CT molecular complexity index is 1350. The molecule has 0 saturated carbocycles. The molecule has 2 aliphatic rings. The van der Waals surface area contributed by atoms with E-state index in [9.17, 15) is 18.0 Å². The number of ether oxygens (including phenoxy) is 1. The molecule has 1 atom stereocenters. The first-order valence-electron chi connectivity index (χ1n) is 12.7. The van der Waals surface area contributed by atoms with Gasteiger partial charge in [-0.05, 0) is 30.7 Å². The maximum absolute atomic E-state index is 13.4. The van der Waals surface area contributed by atoms with Gasteiger partial charge in [0.25, 0.3) is 5.78 Å². The number of hydrogen-bond acceptors (Lipinski definition) is 7. The number of amides is 2. The van der Waals surface area contributed by atoms with Crippen LogP contribution >= 0.6 is 0 Å². The number of anilines is 2. The van der Waals surface area contributed by atoms with E-state index in [4.69, 9.17) is 15.5 Å². The second-order valence-electron chi connectivity index (χ2n) is 10.0. The lowest BCUT2D eigenvalue weighted by atomic mass is 10.0. The highest BCUT2D eigenvalue weighted by Crippen LogP contribution is 2.35. The molecule has 38 heavy (non-hydrogen) atoms. The highest BCUT2D eigenvalue weighted by molar-refractivity contribution is 5.75. The van der Waals surface area contributed by atoms with Crippen molar-refractivity contribution in [3.05, 3.63) is 46.4 Å². The second kappa shape index (κ2) is 9.93. The highest BCUT2D eigenvalue weighted by Gasteiger charge is 2.33. The van der Waals surface area contributed by atoms with Crippen molar-refractivity contribution in [2.75, 3.05) is 43.9 Å². The molecule has 0 aliphatic carbocycles. The van der Waals surface area contributed by atoms with Gasteiger partial charge in [-0.1, -0.05) is 13.8 Å². The molecule has 2 aliphatic heterocycles. The van der Waals surface area contributed by atoms with Crippen LogP contribution in [0.5, 0.6) is 0 Å². The largest absolute Gasteiger partial charge is 0.416 e. The first-order chi connectivity index (χ1) is 18.0. The van der Waals surface area contributed by atoms with Gasteiger partial charge in [-0.25, -0.2) is 4.79 Å². The standard InChI is InChI=1S/C25H31F3N8O2/c1-14(2)22-32-33-23-31-21(30-15(3)16-10-17(25(26,27)28)12-18(29)11-16)19-13-35(5-4-20(19)36(22)23)24(37)34-6-8-38-9-7-34/h10-12,14-15H,4-9,13,29H2,1-3H3,(H,30,31,33). The van der Waals surface area contributed by atoms with E-state index >= 15 is 0 Å². The van der Waals surface area contributed by atoms with Crippen molar-refractivity contribution in [1.29, 1.82) is 0 Å². The molecule has 1 unspecified atom stereocenters. The van der Waals surface area contributed by atoms with Gasteiger partial charge in [-0.2, -0.15) is 18.2 Å². The molecule has 5 rings (SSSR count). The maximum atomic E-state index is 13.4. The van der Waals surface area contributed by atoms with E-state index in [-0.39, 0.29) is 17.6 Å². The molecule has 0 spiro atoms. The number of nitrogens with two attached hydrogens (primary N) is 1. The smallest absolute Gasteiger partial charge is 0.399 e. The molecule has 4 heterocycles. The Morgan fingerprint density at radius 2 is 1.82 bits per heavy atom. The molecule has 10 nitrogen and oxygen atoms in total. The van der Waals surface area contributed by atoms with Crippen LogP contribution < -0.4 is 11.1 Å².